The van der Waals surface area contributed by atoms with Crippen molar-refractivity contribution < 1.29 is 22.7 Å². The number of methoxy groups -OCH3 is 1. The van der Waals surface area contributed by atoms with Crippen molar-refractivity contribution in [1.29, 1.82) is 0 Å². The fourth-order valence-corrected chi connectivity index (χ4v) is 4.97. The third-order valence-corrected chi connectivity index (χ3v) is 7.43. The molecule has 0 unspecified atom stereocenters. The summed E-state index contributed by atoms with van der Waals surface area (Å²) in [5.74, 6) is -0.209. The Kier molecular flexibility index (Phi) is 7.89. The van der Waals surface area contributed by atoms with E-state index in [1.165, 1.54) is 29.6 Å². The molecule has 1 fully saturated rings. The maximum absolute atomic E-state index is 12.8. The Balaban J connectivity index is 1.57. The zero-order valence-electron chi connectivity index (χ0n) is 18.0. The molecule has 0 radical (unpaired) electrons. The van der Waals surface area contributed by atoms with Crippen LogP contribution in [-0.2, 0) is 14.8 Å². The second-order valence-electron chi connectivity index (χ2n) is 7.55. The quantitative estimate of drug-likeness (QED) is 0.585. The summed E-state index contributed by atoms with van der Waals surface area (Å²) in [4.78, 5) is 27.0. The van der Waals surface area contributed by atoms with Gasteiger partial charge in [0, 0.05) is 49.7 Å². The lowest BCUT2D eigenvalue weighted by Gasteiger charge is -2.31. The molecule has 0 saturated carbocycles. The van der Waals surface area contributed by atoms with Gasteiger partial charge in [0.1, 0.15) is 5.75 Å². The molecule has 1 aliphatic rings. The number of carbonyl (C=O) groups is 2. The molecule has 172 valence electrons. The molecule has 1 heterocycles. The van der Waals surface area contributed by atoms with Gasteiger partial charge < -0.3 is 15.0 Å². The molecule has 3 rings (SSSR count). The molecule has 1 N–H and O–H groups in total. The molecule has 0 aliphatic carbocycles. The van der Waals surface area contributed by atoms with Gasteiger partial charge in [0.25, 0.3) is 0 Å². The predicted molar refractivity (Wildman–Crippen MR) is 123 cm³/mol. The number of sulfonamides is 1. The van der Waals surface area contributed by atoms with Gasteiger partial charge >= 0.3 is 0 Å². The Labute approximate surface area is 193 Å². The summed E-state index contributed by atoms with van der Waals surface area (Å²) in [5, 5.41) is 3.10. The summed E-state index contributed by atoms with van der Waals surface area (Å²) in [6, 6.07) is 10.8. The van der Waals surface area contributed by atoms with E-state index in [1.54, 1.807) is 24.3 Å². The monoisotopic (exact) mass is 479 g/mol. The number of Topliss-reactive ketones (excluding diaryl/α,β-unsaturated/α-hetero) is 1. The molecule has 32 heavy (non-hydrogen) atoms. The van der Waals surface area contributed by atoms with Gasteiger partial charge in [0.2, 0.25) is 15.9 Å². The van der Waals surface area contributed by atoms with Crippen LogP contribution in [0.15, 0.2) is 47.4 Å². The zero-order chi connectivity index (χ0) is 23.3. The van der Waals surface area contributed by atoms with Crippen molar-refractivity contribution in [1.82, 2.24) is 9.21 Å². The second kappa shape index (κ2) is 10.4. The maximum Gasteiger partial charge on any atom is 0.243 e. The number of hydrogen-bond donors (Lipinski definition) is 1. The third kappa shape index (κ3) is 5.86. The van der Waals surface area contributed by atoms with Gasteiger partial charge in [-0.15, -0.1) is 0 Å². The van der Waals surface area contributed by atoms with Crippen LogP contribution >= 0.6 is 11.6 Å². The molecular weight excluding hydrogens is 454 g/mol. The molecule has 10 heteroatoms. The molecule has 1 aliphatic heterocycles. The van der Waals surface area contributed by atoms with Crippen molar-refractivity contribution >= 4 is 39.0 Å². The van der Waals surface area contributed by atoms with E-state index in [4.69, 9.17) is 16.3 Å². The van der Waals surface area contributed by atoms with E-state index < -0.39 is 10.0 Å². The van der Waals surface area contributed by atoms with E-state index in [0.29, 0.717) is 48.2 Å². The average Bonchev–Trinajstić information content (AvgIpc) is 2.78. The molecule has 0 bridgehead atoms. The van der Waals surface area contributed by atoms with Crippen LogP contribution in [0.3, 0.4) is 0 Å². The summed E-state index contributed by atoms with van der Waals surface area (Å²) >= 11 is 5.95. The Hall–Kier alpha value is -2.46. The normalized spacial score (nSPS) is 15.3. The number of amides is 1. The minimum Gasteiger partial charge on any atom is -0.496 e. The number of nitrogens with zero attached hydrogens (tertiary/aromatic N) is 2. The largest absolute Gasteiger partial charge is 0.496 e. The highest BCUT2D eigenvalue weighted by molar-refractivity contribution is 7.89. The van der Waals surface area contributed by atoms with E-state index in [0.717, 1.165) is 0 Å². The lowest BCUT2D eigenvalue weighted by molar-refractivity contribution is -0.116. The molecule has 0 spiro atoms. The molecule has 0 aromatic heterocycles. The minimum atomic E-state index is -3.57. The zero-order valence-corrected chi connectivity index (χ0v) is 19.6. The highest BCUT2D eigenvalue weighted by Gasteiger charge is 2.27. The Morgan fingerprint density at radius 1 is 1.03 bits per heavy atom. The summed E-state index contributed by atoms with van der Waals surface area (Å²) in [6.45, 7) is 2.27. The first kappa shape index (κ1) is 24.2. The Morgan fingerprint density at radius 2 is 1.69 bits per heavy atom. The summed E-state index contributed by atoms with van der Waals surface area (Å²) in [7, 11) is -0.149. The van der Waals surface area contributed by atoms with Crippen LogP contribution < -0.4 is 10.1 Å². The Morgan fingerprint density at radius 3 is 2.31 bits per heavy atom. The summed E-state index contributed by atoms with van der Waals surface area (Å²) in [5.41, 5.74) is 0.784. The Bertz CT molecular complexity index is 1080. The highest BCUT2D eigenvalue weighted by atomic mass is 35.5. The summed E-state index contributed by atoms with van der Waals surface area (Å²) < 4.78 is 32.2. The van der Waals surface area contributed by atoms with Crippen molar-refractivity contribution in [2.75, 3.05) is 45.7 Å². The number of nitrogens with one attached hydrogen (secondary N) is 1. The lowest BCUT2D eigenvalue weighted by Crippen LogP contribution is -2.46. The number of ether oxygens (including phenoxy) is 1. The standard InChI is InChI=1S/C22H26ClN3O5S/c1-25-11-13-26(14-12-25)32(29,30)18-6-4-17(5-7-18)24-22(28)10-8-20(27)19-15-16(23)3-9-21(19)31-2/h3-7,9,15H,8,10-14H2,1-2H3,(H,24,28). The van der Waals surface area contributed by atoms with Gasteiger partial charge in [-0.3, -0.25) is 9.59 Å². The van der Waals surface area contributed by atoms with Crippen LogP contribution in [0.25, 0.3) is 0 Å². The van der Waals surface area contributed by atoms with Crippen LogP contribution in [0.1, 0.15) is 23.2 Å². The van der Waals surface area contributed by atoms with Crippen LogP contribution in [0.4, 0.5) is 5.69 Å². The minimum absolute atomic E-state index is 0.0155. The lowest BCUT2D eigenvalue weighted by atomic mass is 10.1. The maximum atomic E-state index is 12.8. The van der Waals surface area contributed by atoms with Gasteiger partial charge in [0.05, 0.1) is 17.6 Å². The first-order valence-electron chi connectivity index (χ1n) is 10.2. The first-order chi connectivity index (χ1) is 15.2. The first-order valence-corrected chi connectivity index (χ1v) is 12.0. The van der Waals surface area contributed by atoms with Gasteiger partial charge in [0.15, 0.2) is 5.78 Å². The van der Waals surface area contributed by atoms with Gasteiger partial charge in [-0.05, 0) is 49.5 Å². The van der Waals surface area contributed by atoms with Crippen LogP contribution in [-0.4, -0.2) is 69.6 Å². The molecule has 1 amide bonds. The molecule has 1 saturated heterocycles. The predicted octanol–water partition coefficient (Wildman–Crippen LogP) is 2.89. The van der Waals surface area contributed by atoms with E-state index in [2.05, 4.69) is 10.2 Å². The third-order valence-electron chi connectivity index (χ3n) is 5.28. The van der Waals surface area contributed by atoms with E-state index >= 15 is 0 Å². The molecular formula is C22H26ClN3O5S. The van der Waals surface area contributed by atoms with Gasteiger partial charge in [-0.25, -0.2) is 8.42 Å². The number of benzene rings is 2. The van der Waals surface area contributed by atoms with Crippen LogP contribution in [0, 0.1) is 0 Å². The number of carbonyl (C=O) groups excluding carboxylic acids is 2. The fraction of sp³-hybridized carbons (Fsp3) is 0.364. The number of likely N-dealkylation sites (N-methyl/N-ethyl adjacent to an activating group) is 1. The van der Waals surface area contributed by atoms with Crippen molar-refractivity contribution in [3.63, 3.8) is 0 Å². The number of hydrogen-bond acceptors (Lipinski definition) is 6. The van der Waals surface area contributed by atoms with E-state index in [9.17, 15) is 18.0 Å². The van der Waals surface area contributed by atoms with Crippen LogP contribution in [0.2, 0.25) is 5.02 Å². The van der Waals surface area contributed by atoms with Crippen LogP contribution in [0.5, 0.6) is 5.75 Å². The van der Waals surface area contributed by atoms with Crippen molar-refractivity contribution in [3.8, 4) is 5.75 Å². The number of ketones is 1. The van der Waals surface area contributed by atoms with Crippen molar-refractivity contribution in [2.24, 2.45) is 0 Å². The highest BCUT2D eigenvalue weighted by Crippen LogP contribution is 2.24. The molecule has 2 aromatic rings. The summed E-state index contributed by atoms with van der Waals surface area (Å²) in [6.07, 6.45) is -0.0474. The second-order valence-corrected chi connectivity index (χ2v) is 9.92. The van der Waals surface area contributed by atoms with Gasteiger partial charge in [-0.1, -0.05) is 11.6 Å². The number of piperazine rings is 1. The van der Waals surface area contributed by atoms with E-state index in [-0.39, 0.29) is 29.4 Å². The van der Waals surface area contributed by atoms with E-state index in [1.807, 2.05) is 7.05 Å². The van der Waals surface area contributed by atoms with Gasteiger partial charge in [-0.2, -0.15) is 4.31 Å². The number of halogens is 1. The number of anilines is 1. The average molecular weight is 480 g/mol. The molecule has 2 aromatic carbocycles. The smallest absolute Gasteiger partial charge is 0.243 e. The molecule has 0 atom stereocenters. The van der Waals surface area contributed by atoms with Crippen molar-refractivity contribution in [3.05, 3.63) is 53.1 Å². The topological polar surface area (TPSA) is 96.0 Å². The SMILES string of the molecule is COc1ccc(Cl)cc1C(=O)CCC(=O)Nc1ccc(S(=O)(=O)N2CCN(C)CC2)cc1. The molecule has 8 nitrogen and oxygen atoms in total. The fourth-order valence-electron chi connectivity index (χ4n) is 3.37. The van der Waals surface area contributed by atoms with Crippen molar-refractivity contribution in [2.45, 2.75) is 17.7 Å². The number of rotatable bonds is 8.